The quantitative estimate of drug-likeness (QED) is 0.778. The lowest BCUT2D eigenvalue weighted by atomic mass is 10.1. The Labute approximate surface area is 95.8 Å². The maximum atomic E-state index is 5.00. The fourth-order valence-electron chi connectivity index (χ4n) is 1.74. The van der Waals surface area contributed by atoms with Gasteiger partial charge in [0.25, 0.3) is 0 Å². The summed E-state index contributed by atoms with van der Waals surface area (Å²) >= 11 is 0. The molecular weight excluding hydrogens is 202 g/mol. The highest BCUT2D eigenvalue weighted by atomic mass is 16.5. The zero-order valence-electron chi connectivity index (χ0n) is 9.52. The van der Waals surface area contributed by atoms with Crippen LogP contribution in [0.3, 0.4) is 0 Å². The molecule has 0 saturated carbocycles. The lowest BCUT2D eigenvalue weighted by Gasteiger charge is -2.18. The number of ether oxygens (including phenoxy) is 1. The molecule has 1 aromatic heterocycles. The van der Waals surface area contributed by atoms with E-state index in [4.69, 9.17) is 4.74 Å². The van der Waals surface area contributed by atoms with Crippen LogP contribution < -0.4 is 10.1 Å². The zero-order chi connectivity index (χ0) is 11.2. The highest BCUT2D eigenvalue weighted by Crippen LogP contribution is 2.08. The van der Waals surface area contributed by atoms with Gasteiger partial charge < -0.3 is 10.1 Å². The minimum absolute atomic E-state index is 0.461. The van der Waals surface area contributed by atoms with Crippen LogP contribution in [0.4, 0.5) is 0 Å². The molecule has 4 nitrogen and oxygen atoms in total. The normalized spacial score (nSPS) is 17.8. The molecule has 1 aromatic rings. The van der Waals surface area contributed by atoms with Gasteiger partial charge in [-0.05, 0) is 32.0 Å². The molecule has 0 spiro atoms. The predicted octanol–water partition coefficient (Wildman–Crippen LogP) is 1.26. The summed E-state index contributed by atoms with van der Waals surface area (Å²) in [7, 11) is 1.62. The summed E-state index contributed by atoms with van der Waals surface area (Å²) in [6.45, 7) is 2.14. The van der Waals surface area contributed by atoms with Crippen molar-refractivity contribution < 1.29 is 4.74 Å². The number of pyridine rings is 1. The van der Waals surface area contributed by atoms with Crippen molar-refractivity contribution in [1.82, 2.24) is 10.3 Å². The molecule has 1 aliphatic rings. The Balaban J connectivity index is 1.94. The van der Waals surface area contributed by atoms with Crippen LogP contribution in [0.1, 0.15) is 18.4 Å². The largest absolute Gasteiger partial charge is 0.481 e. The third kappa shape index (κ3) is 3.03. The Bertz CT molecular complexity index is 342. The first kappa shape index (κ1) is 11.1. The summed E-state index contributed by atoms with van der Waals surface area (Å²) in [4.78, 5) is 8.70. The van der Waals surface area contributed by atoms with Gasteiger partial charge in [-0.25, -0.2) is 4.98 Å². The molecule has 0 bridgehead atoms. The molecule has 0 radical (unpaired) electrons. The van der Waals surface area contributed by atoms with Crippen LogP contribution in [0.15, 0.2) is 23.3 Å². The number of aromatic nitrogens is 1. The second kappa shape index (κ2) is 5.61. The van der Waals surface area contributed by atoms with Crippen molar-refractivity contribution in [2.75, 3.05) is 20.2 Å². The van der Waals surface area contributed by atoms with Crippen LogP contribution in [-0.4, -0.2) is 37.4 Å². The third-order valence-corrected chi connectivity index (χ3v) is 2.71. The van der Waals surface area contributed by atoms with E-state index in [2.05, 4.69) is 15.3 Å². The van der Waals surface area contributed by atoms with E-state index in [9.17, 15) is 0 Å². The molecule has 2 heterocycles. The number of hydrogen-bond donors (Lipinski definition) is 1. The first-order valence-electron chi connectivity index (χ1n) is 5.62. The lowest BCUT2D eigenvalue weighted by Crippen LogP contribution is -2.29. The minimum Gasteiger partial charge on any atom is -0.481 e. The van der Waals surface area contributed by atoms with Gasteiger partial charge in [0.05, 0.1) is 13.2 Å². The number of nitrogens with one attached hydrogen (secondary N) is 1. The van der Waals surface area contributed by atoms with Gasteiger partial charge in [-0.15, -0.1) is 0 Å². The third-order valence-electron chi connectivity index (χ3n) is 2.71. The molecule has 1 saturated heterocycles. The molecule has 2 rings (SSSR count). The maximum absolute atomic E-state index is 5.00. The maximum Gasteiger partial charge on any atom is 0.212 e. The number of rotatable bonds is 3. The Kier molecular flexibility index (Phi) is 3.88. The Morgan fingerprint density at radius 1 is 1.44 bits per heavy atom. The van der Waals surface area contributed by atoms with E-state index in [0.717, 1.165) is 31.5 Å². The summed E-state index contributed by atoms with van der Waals surface area (Å²) in [6, 6.07) is 4.28. The van der Waals surface area contributed by atoms with Crippen LogP contribution in [0.25, 0.3) is 0 Å². The van der Waals surface area contributed by atoms with Gasteiger partial charge in [-0.2, -0.15) is 0 Å². The minimum atomic E-state index is 0.461. The van der Waals surface area contributed by atoms with E-state index in [1.807, 2.05) is 18.3 Å². The van der Waals surface area contributed by atoms with E-state index in [0.29, 0.717) is 11.9 Å². The van der Waals surface area contributed by atoms with E-state index in [1.165, 1.54) is 0 Å². The Morgan fingerprint density at radius 2 is 2.25 bits per heavy atom. The molecule has 0 aliphatic carbocycles. The molecule has 1 fully saturated rings. The molecule has 0 aromatic carbocycles. The number of piperidine rings is 1. The van der Waals surface area contributed by atoms with E-state index in [1.54, 1.807) is 13.3 Å². The number of nitrogens with zero attached hydrogens (tertiary/aromatic N) is 2. The van der Waals surface area contributed by atoms with Gasteiger partial charge in [-0.3, -0.25) is 4.99 Å². The van der Waals surface area contributed by atoms with Gasteiger partial charge in [0.15, 0.2) is 0 Å². The van der Waals surface area contributed by atoms with Crippen molar-refractivity contribution in [3.63, 3.8) is 0 Å². The molecular formula is C12H17N3O. The SMILES string of the molecule is COc1ccc(C=NC2CCNCC2)cn1. The Hall–Kier alpha value is -1.42. The molecule has 0 amide bonds. The van der Waals surface area contributed by atoms with Crippen LogP contribution >= 0.6 is 0 Å². The standard InChI is InChI=1S/C12H17N3O/c1-16-12-3-2-10(9-15-12)8-14-11-4-6-13-7-5-11/h2-3,8-9,11,13H,4-7H2,1H3. The van der Waals surface area contributed by atoms with E-state index < -0.39 is 0 Å². The van der Waals surface area contributed by atoms with Gasteiger partial charge >= 0.3 is 0 Å². The topological polar surface area (TPSA) is 46.5 Å². The van der Waals surface area contributed by atoms with Crippen LogP contribution in [0.5, 0.6) is 5.88 Å². The summed E-state index contributed by atoms with van der Waals surface area (Å²) in [5, 5.41) is 3.33. The first-order valence-corrected chi connectivity index (χ1v) is 5.62. The summed E-state index contributed by atoms with van der Waals surface area (Å²) in [5.41, 5.74) is 1.03. The molecule has 0 atom stereocenters. The van der Waals surface area contributed by atoms with Crippen molar-refractivity contribution in [2.45, 2.75) is 18.9 Å². The Morgan fingerprint density at radius 3 is 2.88 bits per heavy atom. The van der Waals surface area contributed by atoms with Crippen molar-refractivity contribution in [3.05, 3.63) is 23.9 Å². The molecule has 1 aliphatic heterocycles. The summed E-state index contributed by atoms with van der Waals surface area (Å²) in [5.74, 6) is 0.638. The van der Waals surface area contributed by atoms with Crippen molar-refractivity contribution in [3.8, 4) is 5.88 Å². The summed E-state index contributed by atoms with van der Waals surface area (Å²) in [6.07, 6.45) is 5.94. The lowest BCUT2D eigenvalue weighted by molar-refractivity contribution is 0.398. The molecule has 86 valence electrons. The van der Waals surface area contributed by atoms with Crippen molar-refractivity contribution >= 4 is 6.21 Å². The monoisotopic (exact) mass is 219 g/mol. The van der Waals surface area contributed by atoms with Crippen molar-refractivity contribution in [1.29, 1.82) is 0 Å². The van der Waals surface area contributed by atoms with Crippen LogP contribution in [0, 0.1) is 0 Å². The fourth-order valence-corrected chi connectivity index (χ4v) is 1.74. The molecule has 4 heteroatoms. The number of aliphatic imine (C=N–C) groups is 1. The second-order valence-corrected chi connectivity index (χ2v) is 3.89. The average Bonchev–Trinajstić information content (AvgIpc) is 2.38. The van der Waals surface area contributed by atoms with E-state index >= 15 is 0 Å². The second-order valence-electron chi connectivity index (χ2n) is 3.89. The number of methoxy groups -OCH3 is 1. The smallest absolute Gasteiger partial charge is 0.212 e. The summed E-state index contributed by atoms with van der Waals surface area (Å²) < 4.78 is 5.00. The van der Waals surface area contributed by atoms with Gasteiger partial charge in [0.2, 0.25) is 5.88 Å². The molecule has 0 unspecified atom stereocenters. The van der Waals surface area contributed by atoms with Crippen LogP contribution in [0.2, 0.25) is 0 Å². The number of hydrogen-bond acceptors (Lipinski definition) is 4. The highest BCUT2D eigenvalue weighted by molar-refractivity contribution is 5.79. The molecule has 1 N–H and O–H groups in total. The van der Waals surface area contributed by atoms with Gasteiger partial charge in [-0.1, -0.05) is 0 Å². The molecule has 16 heavy (non-hydrogen) atoms. The fraction of sp³-hybridized carbons (Fsp3) is 0.500. The van der Waals surface area contributed by atoms with Crippen LogP contribution in [-0.2, 0) is 0 Å². The zero-order valence-corrected chi connectivity index (χ0v) is 9.52. The predicted molar refractivity (Wildman–Crippen MR) is 64.3 cm³/mol. The average molecular weight is 219 g/mol. The first-order chi connectivity index (χ1) is 7.88. The van der Waals surface area contributed by atoms with Gasteiger partial charge in [0.1, 0.15) is 0 Å². The highest BCUT2D eigenvalue weighted by Gasteiger charge is 2.09. The van der Waals surface area contributed by atoms with Gasteiger partial charge in [0, 0.05) is 24.0 Å². The van der Waals surface area contributed by atoms with E-state index in [-0.39, 0.29) is 0 Å². The van der Waals surface area contributed by atoms with Crippen molar-refractivity contribution in [2.24, 2.45) is 4.99 Å².